The third-order valence-corrected chi connectivity index (χ3v) is 3.01. The lowest BCUT2D eigenvalue weighted by atomic mass is 10.0. The van der Waals surface area contributed by atoms with Gasteiger partial charge < -0.3 is 4.98 Å². The quantitative estimate of drug-likeness (QED) is 0.698. The zero-order chi connectivity index (χ0) is 9.42. The molecule has 1 aromatic rings. The molecule has 2 rings (SSSR count). The molecule has 72 valence electrons. The van der Waals surface area contributed by atoms with Gasteiger partial charge in [0.1, 0.15) is 0 Å². The molecule has 0 unspecified atom stereocenters. The van der Waals surface area contributed by atoms with Crippen LogP contribution in [-0.2, 0) is 13.0 Å². The van der Waals surface area contributed by atoms with Crippen molar-refractivity contribution in [3.8, 4) is 0 Å². The van der Waals surface area contributed by atoms with Crippen molar-refractivity contribution in [2.45, 2.75) is 45.8 Å². The third kappa shape index (κ3) is 1.51. The molecule has 1 atom stereocenters. The van der Waals surface area contributed by atoms with Crippen molar-refractivity contribution in [3.05, 3.63) is 23.5 Å². The van der Waals surface area contributed by atoms with Crippen molar-refractivity contribution in [1.82, 2.24) is 9.88 Å². The number of rotatable bonds is 1. The molecule has 0 aliphatic carbocycles. The topological polar surface area (TPSA) is 19.0 Å². The summed E-state index contributed by atoms with van der Waals surface area (Å²) in [6, 6.07) is 3.53. The van der Waals surface area contributed by atoms with Crippen LogP contribution in [0.3, 0.4) is 0 Å². The molecule has 13 heavy (non-hydrogen) atoms. The number of fused-ring (bicyclic) bond motifs is 1. The number of aromatic nitrogens is 1. The van der Waals surface area contributed by atoms with Gasteiger partial charge in [0, 0.05) is 36.9 Å². The number of hydrogen-bond acceptors (Lipinski definition) is 1. The van der Waals surface area contributed by atoms with Crippen molar-refractivity contribution in [2.75, 3.05) is 0 Å². The zero-order valence-corrected chi connectivity index (χ0v) is 8.67. The first-order valence-electron chi connectivity index (χ1n) is 5.09. The first kappa shape index (κ1) is 8.82. The molecule has 0 fully saturated rings. The van der Waals surface area contributed by atoms with Gasteiger partial charge in [0.05, 0.1) is 0 Å². The minimum Gasteiger partial charge on any atom is -0.365 e. The fourth-order valence-corrected chi connectivity index (χ4v) is 2.23. The fourth-order valence-electron chi connectivity index (χ4n) is 2.23. The third-order valence-electron chi connectivity index (χ3n) is 3.01. The van der Waals surface area contributed by atoms with E-state index in [0.29, 0.717) is 12.1 Å². The molecule has 0 aromatic carbocycles. The molecule has 0 spiro atoms. The Labute approximate surface area is 79.9 Å². The average Bonchev–Trinajstić information content (AvgIpc) is 2.48. The average molecular weight is 178 g/mol. The van der Waals surface area contributed by atoms with Gasteiger partial charge in [-0.25, -0.2) is 0 Å². The second-order valence-corrected chi connectivity index (χ2v) is 4.30. The second-order valence-electron chi connectivity index (χ2n) is 4.30. The molecule has 1 aliphatic rings. The summed E-state index contributed by atoms with van der Waals surface area (Å²) in [6.45, 7) is 7.96. The molecule has 1 N–H and O–H groups in total. The summed E-state index contributed by atoms with van der Waals surface area (Å²) in [5, 5.41) is 0. The van der Waals surface area contributed by atoms with Crippen molar-refractivity contribution in [2.24, 2.45) is 0 Å². The lowest BCUT2D eigenvalue weighted by Gasteiger charge is -2.36. The molecule has 0 radical (unpaired) electrons. The van der Waals surface area contributed by atoms with Gasteiger partial charge in [-0.2, -0.15) is 0 Å². The minimum atomic E-state index is 0.651. The van der Waals surface area contributed by atoms with E-state index in [0.717, 1.165) is 6.54 Å². The Morgan fingerprint density at radius 1 is 1.54 bits per heavy atom. The molecular weight excluding hydrogens is 160 g/mol. The van der Waals surface area contributed by atoms with Crippen molar-refractivity contribution < 1.29 is 0 Å². The van der Waals surface area contributed by atoms with Crippen LogP contribution in [-0.4, -0.2) is 22.0 Å². The molecule has 0 saturated carbocycles. The molecule has 2 heterocycles. The van der Waals surface area contributed by atoms with Crippen LogP contribution in [0, 0.1) is 0 Å². The molecule has 0 saturated heterocycles. The maximum Gasteiger partial charge on any atom is 0.0257 e. The highest BCUT2D eigenvalue weighted by molar-refractivity contribution is 5.24. The summed E-state index contributed by atoms with van der Waals surface area (Å²) in [5.74, 6) is 0. The van der Waals surface area contributed by atoms with Crippen LogP contribution >= 0.6 is 0 Å². The SMILES string of the molecule is CC(C)N1Cc2cc[nH]c2C[C@H]1C. The number of aromatic amines is 1. The fraction of sp³-hybridized carbons (Fsp3) is 0.636. The Morgan fingerprint density at radius 2 is 2.31 bits per heavy atom. The Kier molecular flexibility index (Phi) is 2.16. The Morgan fingerprint density at radius 3 is 3.00 bits per heavy atom. The van der Waals surface area contributed by atoms with E-state index < -0.39 is 0 Å². The number of hydrogen-bond donors (Lipinski definition) is 1. The highest BCUT2D eigenvalue weighted by Crippen LogP contribution is 2.23. The van der Waals surface area contributed by atoms with E-state index in [2.05, 4.69) is 42.9 Å². The van der Waals surface area contributed by atoms with E-state index in [1.165, 1.54) is 17.7 Å². The highest BCUT2D eigenvalue weighted by atomic mass is 15.2. The summed E-state index contributed by atoms with van der Waals surface area (Å²) in [4.78, 5) is 5.87. The van der Waals surface area contributed by atoms with Crippen LogP contribution < -0.4 is 0 Å². The van der Waals surface area contributed by atoms with Gasteiger partial charge in [0.15, 0.2) is 0 Å². The van der Waals surface area contributed by atoms with Crippen LogP contribution in [0.2, 0.25) is 0 Å². The lowest BCUT2D eigenvalue weighted by molar-refractivity contribution is 0.141. The molecule has 2 heteroatoms. The lowest BCUT2D eigenvalue weighted by Crippen LogP contribution is -2.42. The first-order chi connectivity index (χ1) is 6.18. The number of nitrogens with zero attached hydrogens (tertiary/aromatic N) is 1. The second kappa shape index (κ2) is 3.18. The van der Waals surface area contributed by atoms with Crippen LogP contribution in [0.1, 0.15) is 32.0 Å². The Balaban J connectivity index is 2.22. The van der Waals surface area contributed by atoms with Gasteiger partial charge >= 0.3 is 0 Å². The highest BCUT2D eigenvalue weighted by Gasteiger charge is 2.24. The van der Waals surface area contributed by atoms with Gasteiger partial charge in [0.25, 0.3) is 0 Å². The Hall–Kier alpha value is -0.760. The van der Waals surface area contributed by atoms with Crippen LogP contribution in [0.5, 0.6) is 0 Å². The molecule has 2 nitrogen and oxygen atoms in total. The Bertz CT molecular complexity index is 288. The summed E-state index contributed by atoms with van der Waals surface area (Å²) >= 11 is 0. The molecule has 0 amide bonds. The largest absolute Gasteiger partial charge is 0.365 e. The summed E-state index contributed by atoms with van der Waals surface area (Å²) in [5.41, 5.74) is 2.91. The monoisotopic (exact) mass is 178 g/mol. The first-order valence-corrected chi connectivity index (χ1v) is 5.09. The van der Waals surface area contributed by atoms with Crippen LogP contribution in [0.15, 0.2) is 12.3 Å². The molecular formula is C11H18N2. The maximum absolute atomic E-state index is 3.32. The zero-order valence-electron chi connectivity index (χ0n) is 8.67. The van der Waals surface area contributed by atoms with Gasteiger partial charge in [-0.05, 0) is 32.4 Å². The van der Waals surface area contributed by atoms with E-state index in [1.807, 2.05) is 0 Å². The molecule has 1 aromatic heterocycles. The van der Waals surface area contributed by atoms with E-state index in [4.69, 9.17) is 0 Å². The van der Waals surface area contributed by atoms with E-state index in [9.17, 15) is 0 Å². The van der Waals surface area contributed by atoms with Gasteiger partial charge in [-0.15, -0.1) is 0 Å². The normalized spacial score (nSPS) is 23.5. The summed E-state index contributed by atoms with van der Waals surface area (Å²) in [6.07, 6.45) is 3.22. The minimum absolute atomic E-state index is 0.651. The van der Waals surface area contributed by atoms with E-state index in [1.54, 1.807) is 0 Å². The summed E-state index contributed by atoms with van der Waals surface area (Å²) < 4.78 is 0. The van der Waals surface area contributed by atoms with Gasteiger partial charge in [-0.3, -0.25) is 4.90 Å². The van der Waals surface area contributed by atoms with E-state index in [-0.39, 0.29) is 0 Å². The molecule has 1 aliphatic heterocycles. The predicted octanol–water partition coefficient (Wildman–Crippen LogP) is 2.17. The smallest absolute Gasteiger partial charge is 0.0257 e. The predicted molar refractivity (Wildman–Crippen MR) is 54.6 cm³/mol. The number of nitrogens with one attached hydrogen (secondary N) is 1. The van der Waals surface area contributed by atoms with E-state index >= 15 is 0 Å². The summed E-state index contributed by atoms with van der Waals surface area (Å²) in [7, 11) is 0. The van der Waals surface area contributed by atoms with Crippen LogP contribution in [0.4, 0.5) is 0 Å². The molecule has 0 bridgehead atoms. The van der Waals surface area contributed by atoms with Crippen molar-refractivity contribution >= 4 is 0 Å². The number of H-pyrrole nitrogens is 1. The maximum atomic E-state index is 3.32. The van der Waals surface area contributed by atoms with Gasteiger partial charge in [-0.1, -0.05) is 0 Å². The van der Waals surface area contributed by atoms with Crippen LogP contribution in [0.25, 0.3) is 0 Å². The van der Waals surface area contributed by atoms with Gasteiger partial charge in [0.2, 0.25) is 0 Å². The van der Waals surface area contributed by atoms with Crippen molar-refractivity contribution in [1.29, 1.82) is 0 Å². The standard InChI is InChI=1S/C11H18N2/c1-8(2)13-7-10-4-5-12-11(10)6-9(13)3/h4-5,8-9,12H,6-7H2,1-3H3/t9-/m1/s1. The van der Waals surface area contributed by atoms with Crippen molar-refractivity contribution in [3.63, 3.8) is 0 Å².